The molecule has 0 saturated heterocycles. The summed E-state index contributed by atoms with van der Waals surface area (Å²) in [4.78, 5) is 18.8. The van der Waals surface area contributed by atoms with Crippen molar-refractivity contribution in [2.24, 2.45) is 0 Å². The maximum absolute atomic E-state index is 10.8. The van der Waals surface area contributed by atoms with Crippen LogP contribution in [0.15, 0.2) is 73.4 Å². The molecule has 7 nitrogen and oxygen atoms in total. The second-order valence-electron chi connectivity index (χ2n) is 4.80. The predicted octanol–water partition coefficient (Wildman–Crippen LogP) is 2.14. The smallest absolute Gasteiger partial charge is 0.259 e. The number of rotatable bonds is 5. The Morgan fingerprint density at radius 3 is 2.43 bits per heavy atom. The lowest BCUT2D eigenvalue weighted by atomic mass is 10.2. The molecule has 1 aromatic carbocycles. The van der Waals surface area contributed by atoms with Gasteiger partial charge < -0.3 is 0 Å². The van der Waals surface area contributed by atoms with Crippen LogP contribution >= 0.6 is 0 Å². The van der Waals surface area contributed by atoms with E-state index < -0.39 is 4.92 Å². The lowest BCUT2D eigenvalue weighted by Gasteiger charge is -2.16. The third-order valence-corrected chi connectivity index (χ3v) is 3.27. The summed E-state index contributed by atoms with van der Waals surface area (Å²) in [5.74, 6) is 0.682. The zero-order valence-corrected chi connectivity index (χ0v) is 12.2. The van der Waals surface area contributed by atoms with Gasteiger partial charge in [0, 0.05) is 36.7 Å². The lowest BCUT2D eigenvalue weighted by Crippen LogP contribution is -2.53. The van der Waals surface area contributed by atoms with E-state index in [1.54, 1.807) is 30.7 Å². The van der Waals surface area contributed by atoms with Gasteiger partial charge in [-0.2, -0.15) is 0 Å². The van der Waals surface area contributed by atoms with E-state index >= 15 is 0 Å². The zero-order valence-electron chi connectivity index (χ0n) is 12.2. The summed E-state index contributed by atoms with van der Waals surface area (Å²) in [6, 6.07) is 12.2. The van der Waals surface area contributed by atoms with Gasteiger partial charge in [0.1, 0.15) is 6.54 Å². The van der Waals surface area contributed by atoms with E-state index in [0.717, 1.165) is 5.56 Å². The Bertz CT molecular complexity index is 739. The SMILES string of the molecule is O=[N+]([O-])c1ccc(CN(c2cnccn2)[n+]2ccccc2)cc1. The first-order valence-electron chi connectivity index (χ1n) is 6.97. The summed E-state index contributed by atoms with van der Waals surface area (Å²) < 4.78 is 1.89. The van der Waals surface area contributed by atoms with Crippen LogP contribution in [0.4, 0.5) is 11.5 Å². The number of nitro benzene ring substituents is 1. The molecule has 0 N–H and O–H groups in total. The van der Waals surface area contributed by atoms with E-state index in [1.807, 2.05) is 40.3 Å². The highest BCUT2D eigenvalue weighted by Crippen LogP contribution is 2.15. The van der Waals surface area contributed by atoms with Gasteiger partial charge in [-0.15, -0.1) is 5.01 Å². The summed E-state index contributed by atoms with van der Waals surface area (Å²) in [5, 5.41) is 12.7. The van der Waals surface area contributed by atoms with Crippen LogP contribution in [0.3, 0.4) is 0 Å². The third-order valence-electron chi connectivity index (χ3n) is 3.27. The molecule has 0 radical (unpaired) electrons. The first-order chi connectivity index (χ1) is 11.2. The van der Waals surface area contributed by atoms with Crippen molar-refractivity contribution in [3.05, 3.63) is 89.1 Å². The average Bonchev–Trinajstić information content (AvgIpc) is 2.61. The molecule has 3 aromatic rings. The molecule has 0 aliphatic heterocycles. The Morgan fingerprint density at radius 1 is 1.09 bits per heavy atom. The maximum atomic E-state index is 10.8. The molecule has 0 spiro atoms. The minimum absolute atomic E-state index is 0.0761. The molecule has 114 valence electrons. The van der Waals surface area contributed by atoms with E-state index in [0.29, 0.717) is 12.4 Å². The first-order valence-corrected chi connectivity index (χ1v) is 6.97. The predicted molar refractivity (Wildman–Crippen MR) is 83.3 cm³/mol. The van der Waals surface area contributed by atoms with Gasteiger partial charge in [0.2, 0.25) is 5.82 Å². The number of nitro groups is 1. The number of hydrogen-bond acceptors (Lipinski definition) is 5. The molecule has 3 rings (SSSR count). The molecule has 0 fully saturated rings. The second kappa shape index (κ2) is 6.61. The zero-order chi connectivity index (χ0) is 16.1. The van der Waals surface area contributed by atoms with Crippen LogP contribution in [-0.4, -0.2) is 14.9 Å². The normalized spacial score (nSPS) is 10.3. The van der Waals surface area contributed by atoms with Crippen molar-refractivity contribution in [3.8, 4) is 0 Å². The van der Waals surface area contributed by atoms with Crippen LogP contribution in [0.2, 0.25) is 0 Å². The van der Waals surface area contributed by atoms with E-state index in [2.05, 4.69) is 9.97 Å². The number of non-ortho nitro benzene ring substituents is 1. The van der Waals surface area contributed by atoms with Crippen molar-refractivity contribution in [1.82, 2.24) is 9.97 Å². The molecular formula is C16H14N5O2+. The van der Waals surface area contributed by atoms with Gasteiger partial charge in [0.25, 0.3) is 5.69 Å². The Morgan fingerprint density at radius 2 is 1.83 bits per heavy atom. The minimum Gasteiger partial charge on any atom is -0.259 e. The van der Waals surface area contributed by atoms with Crippen molar-refractivity contribution < 1.29 is 9.60 Å². The summed E-state index contributed by atoms with van der Waals surface area (Å²) in [6.07, 6.45) is 8.72. The molecule has 0 aliphatic rings. The van der Waals surface area contributed by atoms with Gasteiger partial charge in [-0.25, -0.2) is 4.98 Å². The van der Waals surface area contributed by atoms with Gasteiger partial charge in [0.05, 0.1) is 11.1 Å². The minimum atomic E-state index is -0.407. The highest BCUT2D eigenvalue weighted by molar-refractivity contribution is 5.36. The molecule has 0 saturated carbocycles. The van der Waals surface area contributed by atoms with E-state index in [-0.39, 0.29) is 5.69 Å². The van der Waals surface area contributed by atoms with Gasteiger partial charge in [0.15, 0.2) is 12.4 Å². The summed E-state index contributed by atoms with van der Waals surface area (Å²) in [6.45, 7) is 0.505. The largest absolute Gasteiger partial charge is 0.269 e. The van der Waals surface area contributed by atoms with Gasteiger partial charge in [-0.05, 0) is 5.56 Å². The molecular weight excluding hydrogens is 294 g/mol. The van der Waals surface area contributed by atoms with Crippen LogP contribution < -0.4 is 9.69 Å². The van der Waals surface area contributed by atoms with E-state index in [1.165, 1.54) is 12.1 Å². The van der Waals surface area contributed by atoms with Gasteiger partial charge >= 0.3 is 0 Å². The molecule has 2 heterocycles. The standard InChI is InChI=1S/C16H14N5O2/c22-21(23)15-6-4-14(5-7-15)13-20(16-12-17-8-9-18-16)19-10-2-1-3-11-19/h1-12H,13H2/q+1. The van der Waals surface area contributed by atoms with Crippen molar-refractivity contribution in [2.45, 2.75) is 6.54 Å². The highest BCUT2D eigenvalue weighted by atomic mass is 16.6. The van der Waals surface area contributed by atoms with Crippen molar-refractivity contribution in [3.63, 3.8) is 0 Å². The number of hydrogen-bond donors (Lipinski definition) is 0. The summed E-state index contributed by atoms with van der Waals surface area (Å²) in [5.41, 5.74) is 1.00. The molecule has 7 heteroatoms. The van der Waals surface area contributed by atoms with E-state index in [4.69, 9.17) is 0 Å². The second-order valence-corrected chi connectivity index (χ2v) is 4.80. The molecule has 2 aromatic heterocycles. The Balaban J connectivity index is 1.92. The number of benzene rings is 1. The van der Waals surface area contributed by atoms with Crippen LogP contribution in [0, 0.1) is 10.1 Å². The molecule has 0 amide bonds. The average molecular weight is 308 g/mol. The summed E-state index contributed by atoms with van der Waals surface area (Å²) in [7, 11) is 0. The van der Waals surface area contributed by atoms with Crippen molar-refractivity contribution in [1.29, 1.82) is 0 Å². The van der Waals surface area contributed by atoms with Gasteiger partial charge in [-0.3, -0.25) is 15.1 Å². The van der Waals surface area contributed by atoms with Crippen molar-refractivity contribution in [2.75, 3.05) is 5.01 Å². The Hall–Kier alpha value is -3.35. The topological polar surface area (TPSA) is 76.0 Å². The molecule has 0 atom stereocenters. The molecule has 23 heavy (non-hydrogen) atoms. The summed E-state index contributed by atoms with van der Waals surface area (Å²) >= 11 is 0. The van der Waals surface area contributed by atoms with Gasteiger partial charge in [-0.1, -0.05) is 22.9 Å². The quantitative estimate of drug-likeness (QED) is 0.410. The van der Waals surface area contributed by atoms with Crippen LogP contribution in [0.1, 0.15) is 5.56 Å². The molecule has 0 aliphatic carbocycles. The first kappa shape index (κ1) is 14.6. The van der Waals surface area contributed by atoms with Crippen LogP contribution in [0.5, 0.6) is 0 Å². The molecule has 0 bridgehead atoms. The fourth-order valence-electron chi connectivity index (χ4n) is 2.15. The van der Waals surface area contributed by atoms with Crippen LogP contribution in [0.25, 0.3) is 0 Å². The lowest BCUT2D eigenvalue weighted by molar-refractivity contribution is -0.686. The fourth-order valence-corrected chi connectivity index (χ4v) is 2.15. The number of aromatic nitrogens is 3. The number of nitrogens with zero attached hydrogens (tertiary/aromatic N) is 5. The number of pyridine rings is 1. The Kier molecular flexibility index (Phi) is 4.19. The van der Waals surface area contributed by atoms with Crippen molar-refractivity contribution >= 4 is 11.5 Å². The Labute approximate surface area is 132 Å². The van der Waals surface area contributed by atoms with Crippen LogP contribution in [-0.2, 0) is 6.54 Å². The van der Waals surface area contributed by atoms with E-state index in [9.17, 15) is 10.1 Å². The highest BCUT2D eigenvalue weighted by Gasteiger charge is 2.18. The number of anilines is 1. The fraction of sp³-hybridized carbons (Fsp3) is 0.0625. The maximum Gasteiger partial charge on any atom is 0.269 e. The third kappa shape index (κ3) is 3.46. The molecule has 0 unspecified atom stereocenters. The monoisotopic (exact) mass is 308 g/mol.